The Balaban J connectivity index is 2.00. The molecule has 0 N–H and O–H groups in total. The molecule has 2 unspecified atom stereocenters. The number of thioether (sulfide) groups is 1. The van der Waals surface area contributed by atoms with Crippen LogP contribution in [0.4, 0.5) is 0 Å². The number of carbonyl (C=O) groups is 2. The van der Waals surface area contributed by atoms with Crippen molar-refractivity contribution in [1.82, 2.24) is 4.90 Å². The summed E-state index contributed by atoms with van der Waals surface area (Å²) < 4.78 is 5.42. The molecule has 0 spiro atoms. The molecule has 0 bridgehead atoms. The van der Waals surface area contributed by atoms with E-state index in [0.29, 0.717) is 16.3 Å². The fraction of sp³-hybridized carbons (Fsp3) is 0.333. The van der Waals surface area contributed by atoms with Crippen molar-refractivity contribution in [3.8, 4) is 0 Å². The van der Waals surface area contributed by atoms with Crippen molar-refractivity contribution < 1.29 is 14.3 Å². The van der Waals surface area contributed by atoms with E-state index in [2.05, 4.69) is 0 Å². The molecule has 0 aromatic heterocycles. The number of nitrogens with zero attached hydrogens (tertiary/aromatic N) is 1. The summed E-state index contributed by atoms with van der Waals surface area (Å²) in [6.45, 7) is 5.51. The van der Waals surface area contributed by atoms with Crippen LogP contribution < -0.4 is 0 Å². The standard InChI is InChI=1S/C21H22ClNO3S/c1-13(2)26-21(25)18-12-27-20(15-8-6-9-16(22)11-15)23(18)19(24)17-10-5-4-7-14(17)3/h4-11,13,18,20H,12H2,1-3H3. The number of hydrogen-bond acceptors (Lipinski definition) is 4. The molecule has 1 amide bonds. The lowest BCUT2D eigenvalue weighted by Crippen LogP contribution is -2.44. The first-order chi connectivity index (χ1) is 12.9. The molecule has 1 aliphatic heterocycles. The minimum atomic E-state index is -0.631. The SMILES string of the molecule is Cc1ccccc1C(=O)N1C(C(=O)OC(C)C)CSC1c1cccc(Cl)c1. The number of ether oxygens (including phenoxy) is 1. The maximum Gasteiger partial charge on any atom is 0.330 e. The Bertz CT molecular complexity index is 855. The summed E-state index contributed by atoms with van der Waals surface area (Å²) in [5.74, 6) is -0.0573. The highest BCUT2D eigenvalue weighted by atomic mass is 35.5. The molecule has 3 rings (SSSR count). The molecular weight excluding hydrogens is 382 g/mol. The smallest absolute Gasteiger partial charge is 0.330 e. The van der Waals surface area contributed by atoms with E-state index in [1.54, 1.807) is 28.8 Å². The van der Waals surface area contributed by atoms with Crippen molar-refractivity contribution in [3.63, 3.8) is 0 Å². The van der Waals surface area contributed by atoms with Crippen LogP contribution >= 0.6 is 23.4 Å². The summed E-state index contributed by atoms with van der Waals surface area (Å²) in [6, 6.07) is 14.2. The fourth-order valence-corrected chi connectivity index (χ4v) is 4.72. The molecule has 1 saturated heterocycles. The van der Waals surface area contributed by atoms with Gasteiger partial charge in [0.2, 0.25) is 0 Å². The minimum absolute atomic E-state index is 0.172. The van der Waals surface area contributed by atoms with Crippen LogP contribution in [0, 0.1) is 6.92 Å². The molecule has 0 radical (unpaired) electrons. The van der Waals surface area contributed by atoms with Crippen LogP contribution in [0.3, 0.4) is 0 Å². The quantitative estimate of drug-likeness (QED) is 0.684. The van der Waals surface area contributed by atoms with Crippen molar-refractivity contribution in [2.75, 3.05) is 5.75 Å². The Labute approximate surface area is 168 Å². The van der Waals surface area contributed by atoms with Gasteiger partial charge in [-0.25, -0.2) is 4.79 Å². The van der Waals surface area contributed by atoms with Gasteiger partial charge in [0.05, 0.1) is 6.10 Å². The van der Waals surface area contributed by atoms with Crippen molar-refractivity contribution in [3.05, 3.63) is 70.2 Å². The molecule has 0 saturated carbocycles. The number of amides is 1. The van der Waals surface area contributed by atoms with E-state index < -0.39 is 6.04 Å². The zero-order valence-corrected chi connectivity index (χ0v) is 17.1. The average molecular weight is 404 g/mol. The van der Waals surface area contributed by atoms with Gasteiger partial charge in [0.1, 0.15) is 11.4 Å². The molecule has 27 heavy (non-hydrogen) atoms. The van der Waals surface area contributed by atoms with Crippen LogP contribution in [-0.4, -0.2) is 34.7 Å². The molecule has 2 aromatic carbocycles. The van der Waals surface area contributed by atoms with Gasteiger partial charge in [-0.15, -0.1) is 11.8 Å². The Hall–Kier alpha value is -1.98. The fourth-order valence-electron chi connectivity index (χ4n) is 3.12. The van der Waals surface area contributed by atoms with Crippen LogP contribution in [0.5, 0.6) is 0 Å². The van der Waals surface area contributed by atoms with E-state index >= 15 is 0 Å². The average Bonchev–Trinajstić information content (AvgIpc) is 3.06. The molecule has 142 valence electrons. The van der Waals surface area contributed by atoms with Gasteiger partial charge in [-0.2, -0.15) is 0 Å². The molecule has 4 nitrogen and oxygen atoms in total. The molecule has 1 aliphatic rings. The van der Waals surface area contributed by atoms with Gasteiger partial charge in [0.15, 0.2) is 0 Å². The summed E-state index contributed by atoms with van der Waals surface area (Å²) in [7, 11) is 0. The topological polar surface area (TPSA) is 46.6 Å². The molecule has 1 fully saturated rings. The minimum Gasteiger partial charge on any atom is -0.461 e. The summed E-state index contributed by atoms with van der Waals surface area (Å²) >= 11 is 7.71. The van der Waals surface area contributed by atoms with Gasteiger partial charge in [-0.1, -0.05) is 41.9 Å². The van der Waals surface area contributed by atoms with Crippen LogP contribution in [0.2, 0.25) is 5.02 Å². The monoisotopic (exact) mass is 403 g/mol. The van der Waals surface area contributed by atoms with E-state index in [1.165, 1.54) is 0 Å². The van der Waals surface area contributed by atoms with Gasteiger partial charge in [0.25, 0.3) is 5.91 Å². The molecule has 1 heterocycles. The first-order valence-electron chi connectivity index (χ1n) is 8.84. The number of esters is 1. The van der Waals surface area contributed by atoms with Crippen LogP contribution in [0.1, 0.15) is 40.7 Å². The highest BCUT2D eigenvalue weighted by Gasteiger charge is 2.44. The maximum atomic E-state index is 13.4. The molecular formula is C21H22ClNO3S. The molecule has 2 aromatic rings. The van der Waals surface area contributed by atoms with Gasteiger partial charge in [0, 0.05) is 16.3 Å². The number of carbonyl (C=O) groups excluding carboxylic acids is 2. The lowest BCUT2D eigenvalue weighted by molar-refractivity contribution is -0.151. The Morgan fingerprint density at radius 1 is 1.19 bits per heavy atom. The van der Waals surface area contributed by atoms with Gasteiger partial charge >= 0.3 is 5.97 Å². The van der Waals surface area contributed by atoms with Crippen LogP contribution in [-0.2, 0) is 9.53 Å². The van der Waals surface area contributed by atoms with Gasteiger partial charge in [-0.05, 0) is 50.1 Å². The largest absolute Gasteiger partial charge is 0.461 e. The van der Waals surface area contributed by atoms with Crippen molar-refractivity contribution in [2.24, 2.45) is 0 Å². The van der Waals surface area contributed by atoms with Gasteiger partial charge in [-0.3, -0.25) is 4.79 Å². The predicted octanol–water partition coefficient (Wildman–Crippen LogP) is 4.86. The summed E-state index contributed by atoms with van der Waals surface area (Å²) in [4.78, 5) is 27.7. The number of aryl methyl sites for hydroxylation is 1. The van der Waals surface area contributed by atoms with E-state index in [9.17, 15) is 9.59 Å². The third kappa shape index (κ3) is 4.30. The number of benzene rings is 2. The lowest BCUT2D eigenvalue weighted by Gasteiger charge is -2.29. The normalized spacial score (nSPS) is 19.4. The second kappa shape index (κ2) is 8.36. The Morgan fingerprint density at radius 3 is 2.59 bits per heavy atom. The number of halogens is 1. The van der Waals surface area contributed by atoms with E-state index in [1.807, 2.05) is 57.2 Å². The second-order valence-corrected chi connectivity index (χ2v) is 8.32. The lowest BCUT2D eigenvalue weighted by atomic mass is 10.1. The van der Waals surface area contributed by atoms with Crippen molar-refractivity contribution in [1.29, 1.82) is 0 Å². The first-order valence-corrected chi connectivity index (χ1v) is 10.3. The Kier molecular flexibility index (Phi) is 6.12. The van der Waals surface area contributed by atoms with E-state index in [0.717, 1.165) is 11.1 Å². The third-order valence-electron chi connectivity index (χ3n) is 4.37. The number of hydrogen-bond donors (Lipinski definition) is 0. The zero-order valence-electron chi connectivity index (χ0n) is 15.5. The zero-order chi connectivity index (χ0) is 19.6. The van der Waals surface area contributed by atoms with Crippen LogP contribution in [0.15, 0.2) is 48.5 Å². The van der Waals surface area contributed by atoms with E-state index in [4.69, 9.17) is 16.3 Å². The maximum absolute atomic E-state index is 13.4. The Morgan fingerprint density at radius 2 is 1.93 bits per heavy atom. The van der Waals surface area contributed by atoms with E-state index in [-0.39, 0.29) is 23.4 Å². The predicted molar refractivity (Wildman–Crippen MR) is 109 cm³/mol. The van der Waals surface area contributed by atoms with Crippen molar-refractivity contribution >= 4 is 35.2 Å². The second-order valence-electron chi connectivity index (χ2n) is 6.77. The molecule has 0 aliphatic carbocycles. The van der Waals surface area contributed by atoms with Crippen LogP contribution in [0.25, 0.3) is 0 Å². The van der Waals surface area contributed by atoms with Gasteiger partial charge < -0.3 is 9.64 Å². The highest BCUT2D eigenvalue weighted by Crippen LogP contribution is 2.43. The molecule has 6 heteroatoms. The summed E-state index contributed by atoms with van der Waals surface area (Å²) in [5, 5.41) is 0.310. The van der Waals surface area contributed by atoms with Crippen molar-refractivity contribution in [2.45, 2.75) is 38.3 Å². The summed E-state index contributed by atoms with van der Waals surface area (Å²) in [5.41, 5.74) is 2.36. The number of rotatable bonds is 4. The third-order valence-corrected chi connectivity index (χ3v) is 5.93. The summed E-state index contributed by atoms with van der Waals surface area (Å²) in [6.07, 6.45) is -0.233. The highest BCUT2D eigenvalue weighted by molar-refractivity contribution is 7.99. The first kappa shape index (κ1) is 19.8. The molecule has 2 atom stereocenters.